The summed E-state index contributed by atoms with van der Waals surface area (Å²) in [5.74, 6) is -0.391. The highest BCUT2D eigenvalue weighted by atomic mass is 16.5. The summed E-state index contributed by atoms with van der Waals surface area (Å²) in [6.07, 6.45) is 3.25. The molecule has 0 bridgehead atoms. The number of ether oxygens (including phenoxy) is 3. The number of hydrogen-bond acceptors (Lipinski definition) is 8. The number of benzene rings is 3. The molecule has 0 atom stereocenters. The zero-order valence-corrected chi connectivity index (χ0v) is 23.8. The maximum atomic E-state index is 13.6. The molecule has 1 saturated heterocycles. The second-order valence-corrected chi connectivity index (χ2v) is 10.9. The Kier molecular flexibility index (Phi) is 8.32. The maximum Gasteiger partial charge on any atom is 0.296 e. The van der Waals surface area contributed by atoms with Crippen molar-refractivity contribution >= 4 is 28.2 Å². The number of anilines is 1. The highest BCUT2D eigenvalue weighted by Gasteiger charge is 2.25. The molecule has 1 amide bonds. The van der Waals surface area contributed by atoms with Crippen molar-refractivity contribution in [3.05, 3.63) is 72.1 Å². The third-order valence-corrected chi connectivity index (χ3v) is 7.16. The van der Waals surface area contributed by atoms with Crippen molar-refractivity contribution in [3.63, 3.8) is 0 Å². The van der Waals surface area contributed by atoms with Crippen molar-refractivity contribution in [2.45, 2.75) is 26.2 Å². The van der Waals surface area contributed by atoms with Gasteiger partial charge in [0.2, 0.25) is 0 Å². The quantitative estimate of drug-likeness (QED) is 0.240. The van der Waals surface area contributed by atoms with Crippen LogP contribution < -0.4 is 14.8 Å². The van der Waals surface area contributed by atoms with Gasteiger partial charge in [0.1, 0.15) is 18.0 Å². The average molecular weight is 558 g/mol. The summed E-state index contributed by atoms with van der Waals surface area (Å²) in [6, 6.07) is 14.6. The fourth-order valence-corrected chi connectivity index (χ4v) is 4.87. The van der Waals surface area contributed by atoms with Gasteiger partial charge in [-0.2, -0.15) is 0 Å². The summed E-state index contributed by atoms with van der Waals surface area (Å²) in [4.78, 5) is 29.3. The van der Waals surface area contributed by atoms with Gasteiger partial charge in [0.25, 0.3) is 11.7 Å². The normalized spacial score (nSPS) is 14.1. The van der Waals surface area contributed by atoms with E-state index in [0.29, 0.717) is 40.4 Å². The van der Waals surface area contributed by atoms with E-state index < -0.39 is 11.7 Å². The molecular formula is C31H35N5O5. The van der Waals surface area contributed by atoms with Gasteiger partial charge in [-0.1, -0.05) is 50.3 Å². The zero-order chi connectivity index (χ0) is 29.0. The number of carbonyl (C=O) groups is 2. The molecule has 0 spiro atoms. The van der Waals surface area contributed by atoms with E-state index in [2.05, 4.69) is 41.3 Å². The van der Waals surface area contributed by atoms with Gasteiger partial charge < -0.3 is 19.5 Å². The summed E-state index contributed by atoms with van der Waals surface area (Å²) < 4.78 is 18.8. The number of methoxy groups -OCH3 is 1. The summed E-state index contributed by atoms with van der Waals surface area (Å²) in [6.45, 7) is 10.7. The van der Waals surface area contributed by atoms with Crippen LogP contribution >= 0.6 is 0 Å². The molecule has 3 aromatic carbocycles. The van der Waals surface area contributed by atoms with Gasteiger partial charge in [-0.05, 0) is 40.6 Å². The molecule has 0 radical (unpaired) electrons. The molecule has 4 aromatic rings. The Bertz CT molecular complexity index is 1540. The largest absolute Gasteiger partial charge is 0.492 e. The molecule has 1 aromatic heterocycles. The number of ketones is 1. The molecule has 2 heterocycles. The van der Waals surface area contributed by atoms with Crippen molar-refractivity contribution in [2.75, 3.05) is 51.9 Å². The molecule has 5 rings (SSSR count). The SMILES string of the molecule is COc1c(NC(=O)C(=O)c2ccc(OCCN3CCOCC3)c3ccccc23)cc(C(C)(C)C)cc1-n1ccnn1. The van der Waals surface area contributed by atoms with Crippen LogP contribution in [0, 0.1) is 0 Å². The molecule has 1 aliphatic heterocycles. The van der Waals surface area contributed by atoms with Crippen molar-refractivity contribution in [1.29, 1.82) is 0 Å². The van der Waals surface area contributed by atoms with Crippen LogP contribution in [0.2, 0.25) is 0 Å². The first-order valence-electron chi connectivity index (χ1n) is 13.7. The first kappa shape index (κ1) is 28.3. The van der Waals surface area contributed by atoms with E-state index in [4.69, 9.17) is 14.2 Å². The Morgan fingerprint density at radius 1 is 1.05 bits per heavy atom. The van der Waals surface area contributed by atoms with Crippen LogP contribution in [-0.4, -0.2) is 78.1 Å². The van der Waals surface area contributed by atoms with Crippen LogP contribution in [0.25, 0.3) is 16.5 Å². The van der Waals surface area contributed by atoms with Crippen LogP contribution in [0.1, 0.15) is 36.7 Å². The third kappa shape index (κ3) is 6.23. The van der Waals surface area contributed by atoms with E-state index in [9.17, 15) is 9.59 Å². The Labute approximate surface area is 239 Å². The molecule has 0 unspecified atom stereocenters. The number of morpholine rings is 1. The van der Waals surface area contributed by atoms with Gasteiger partial charge in [-0.3, -0.25) is 14.5 Å². The Balaban J connectivity index is 1.41. The first-order chi connectivity index (χ1) is 19.8. The molecule has 10 heteroatoms. The number of hydrogen-bond donors (Lipinski definition) is 1. The van der Waals surface area contributed by atoms with Crippen LogP contribution in [0.15, 0.2) is 60.9 Å². The van der Waals surface area contributed by atoms with Crippen LogP contribution in [0.4, 0.5) is 5.69 Å². The fraction of sp³-hybridized carbons (Fsp3) is 0.355. The van der Waals surface area contributed by atoms with E-state index in [1.165, 1.54) is 7.11 Å². The monoisotopic (exact) mass is 557 g/mol. The molecule has 1 aliphatic rings. The van der Waals surface area contributed by atoms with Gasteiger partial charge >= 0.3 is 0 Å². The van der Waals surface area contributed by atoms with Gasteiger partial charge in [0.05, 0.1) is 38.4 Å². The van der Waals surface area contributed by atoms with Gasteiger partial charge in [0, 0.05) is 30.6 Å². The number of Topliss-reactive ketones (excluding diaryl/α,β-unsaturated/α-hetero) is 1. The first-order valence-corrected chi connectivity index (χ1v) is 13.7. The highest BCUT2D eigenvalue weighted by Crippen LogP contribution is 2.37. The minimum atomic E-state index is -0.773. The van der Waals surface area contributed by atoms with Gasteiger partial charge in [-0.15, -0.1) is 5.10 Å². The topological polar surface area (TPSA) is 108 Å². The number of fused-ring (bicyclic) bond motifs is 1. The number of aromatic nitrogens is 3. The summed E-state index contributed by atoms with van der Waals surface area (Å²) in [5.41, 5.74) is 1.94. The van der Waals surface area contributed by atoms with Crippen LogP contribution in [0.3, 0.4) is 0 Å². The third-order valence-electron chi connectivity index (χ3n) is 7.16. The number of carbonyl (C=O) groups excluding carboxylic acids is 2. The molecule has 1 fully saturated rings. The Morgan fingerprint density at radius 3 is 2.49 bits per heavy atom. The zero-order valence-electron chi connectivity index (χ0n) is 23.8. The molecule has 10 nitrogen and oxygen atoms in total. The summed E-state index contributed by atoms with van der Waals surface area (Å²) >= 11 is 0. The molecule has 1 N–H and O–H groups in total. The van der Waals surface area contributed by atoms with Crippen LogP contribution in [-0.2, 0) is 14.9 Å². The van der Waals surface area contributed by atoms with Gasteiger partial charge in [0.15, 0.2) is 5.75 Å². The predicted molar refractivity (Wildman–Crippen MR) is 156 cm³/mol. The van der Waals surface area contributed by atoms with Crippen LogP contribution in [0.5, 0.6) is 11.5 Å². The maximum absolute atomic E-state index is 13.6. The lowest BCUT2D eigenvalue weighted by atomic mass is 9.86. The van der Waals surface area contributed by atoms with Crippen molar-refractivity contribution < 1.29 is 23.8 Å². The lowest BCUT2D eigenvalue weighted by molar-refractivity contribution is -0.112. The van der Waals surface area contributed by atoms with Gasteiger partial charge in [-0.25, -0.2) is 4.68 Å². The minimum Gasteiger partial charge on any atom is -0.492 e. The fourth-order valence-electron chi connectivity index (χ4n) is 4.87. The van der Waals surface area contributed by atoms with E-state index >= 15 is 0 Å². The number of nitrogens with one attached hydrogen (secondary N) is 1. The van der Waals surface area contributed by atoms with E-state index in [1.807, 2.05) is 36.4 Å². The lowest BCUT2D eigenvalue weighted by Gasteiger charge is -2.26. The minimum absolute atomic E-state index is 0.251. The second-order valence-electron chi connectivity index (χ2n) is 10.9. The van der Waals surface area contributed by atoms with Crippen molar-refractivity contribution in [2.24, 2.45) is 0 Å². The smallest absolute Gasteiger partial charge is 0.296 e. The highest BCUT2D eigenvalue weighted by molar-refractivity contribution is 6.48. The number of rotatable bonds is 9. The summed E-state index contributed by atoms with van der Waals surface area (Å²) in [7, 11) is 1.51. The average Bonchev–Trinajstić information content (AvgIpc) is 3.51. The molecule has 0 aliphatic carbocycles. The van der Waals surface area contributed by atoms with E-state index in [0.717, 1.165) is 43.8 Å². The van der Waals surface area contributed by atoms with E-state index in [1.54, 1.807) is 29.2 Å². The number of nitrogens with zero attached hydrogens (tertiary/aromatic N) is 4. The predicted octanol–water partition coefficient (Wildman–Crippen LogP) is 4.26. The second kappa shape index (κ2) is 12.1. The molecular weight excluding hydrogens is 522 g/mol. The van der Waals surface area contributed by atoms with E-state index in [-0.39, 0.29) is 5.41 Å². The lowest BCUT2D eigenvalue weighted by Crippen LogP contribution is -2.38. The number of amides is 1. The molecule has 41 heavy (non-hydrogen) atoms. The standard InChI is InChI=1S/C31H35N5O5/c1-31(2,3)21-19-25(29(39-4)26(20-21)36-12-11-32-34-36)33-30(38)28(37)24-9-10-27(23-8-6-5-7-22(23)24)41-18-15-35-13-16-40-17-14-35/h5-12,19-20H,13-18H2,1-4H3,(H,33,38). The summed E-state index contributed by atoms with van der Waals surface area (Å²) in [5, 5.41) is 12.2. The Hall–Kier alpha value is -4.28. The Morgan fingerprint density at radius 2 is 1.80 bits per heavy atom. The van der Waals surface area contributed by atoms with Crippen molar-refractivity contribution in [3.8, 4) is 17.2 Å². The van der Waals surface area contributed by atoms with Crippen molar-refractivity contribution in [1.82, 2.24) is 19.9 Å². The molecule has 0 saturated carbocycles. The molecule has 214 valence electrons.